The number of hydrogen-bond donors (Lipinski definition) is 2. The molecule has 0 aliphatic rings. The predicted octanol–water partition coefficient (Wildman–Crippen LogP) is 3.03. The predicted molar refractivity (Wildman–Crippen MR) is 64.5 cm³/mol. The van der Waals surface area contributed by atoms with Crippen molar-refractivity contribution in [1.29, 1.82) is 0 Å². The highest BCUT2D eigenvalue weighted by Gasteiger charge is 2.22. The van der Waals surface area contributed by atoms with Gasteiger partial charge in [-0.2, -0.15) is 0 Å². The monoisotopic (exact) mass is 272 g/mol. The molecule has 6 heteroatoms. The largest absolute Gasteiger partial charge is 0.271 e. The van der Waals surface area contributed by atoms with E-state index >= 15 is 0 Å². The van der Waals surface area contributed by atoms with Crippen LogP contribution in [0.3, 0.4) is 0 Å². The Kier molecular flexibility index (Phi) is 3.70. The van der Waals surface area contributed by atoms with E-state index < -0.39 is 23.5 Å². The molecular formula is C12H11F3N2S. The van der Waals surface area contributed by atoms with Gasteiger partial charge in [0.05, 0.1) is 6.04 Å². The fraction of sp³-hybridized carbons (Fsp3) is 0.167. The summed E-state index contributed by atoms with van der Waals surface area (Å²) in [5.74, 6) is 1.45. The molecule has 18 heavy (non-hydrogen) atoms. The van der Waals surface area contributed by atoms with Crippen LogP contribution in [0.25, 0.3) is 0 Å². The zero-order valence-electron chi connectivity index (χ0n) is 9.51. The molecule has 1 atom stereocenters. The van der Waals surface area contributed by atoms with E-state index in [9.17, 15) is 13.2 Å². The van der Waals surface area contributed by atoms with Crippen molar-refractivity contribution in [3.05, 3.63) is 57.0 Å². The fourth-order valence-corrected chi connectivity index (χ4v) is 2.47. The number of halogens is 3. The molecule has 0 saturated heterocycles. The van der Waals surface area contributed by atoms with Crippen LogP contribution in [0, 0.1) is 24.4 Å². The summed E-state index contributed by atoms with van der Waals surface area (Å²) in [6.07, 6.45) is 0. The molecular weight excluding hydrogens is 261 g/mol. The molecule has 0 saturated carbocycles. The van der Waals surface area contributed by atoms with Crippen molar-refractivity contribution in [1.82, 2.24) is 5.43 Å². The molecule has 0 amide bonds. The standard InChI is InChI=1S/C12H11F3N2S/c1-6-4-7(5-18-6)12(17-16)8-2-3-9(13)11(15)10(8)14/h2-5,12,17H,16H2,1H3. The van der Waals surface area contributed by atoms with Gasteiger partial charge in [-0.25, -0.2) is 18.6 Å². The minimum absolute atomic E-state index is 0.0193. The lowest BCUT2D eigenvalue weighted by Gasteiger charge is -2.16. The average Bonchev–Trinajstić information content (AvgIpc) is 2.77. The van der Waals surface area contributed by atoms with Crippen molar-refractivity contribution in [2.45, 2.75) is 13.0 Å². The van der Waals surface area contributed by atoms with Crippen LogP contribution in [-0.4, -0.2) is 0 Å². The summed E-state index contributed by atoms with van der Waals surface area (Å²) in [4.78, 5) is 1.02. The average molecular weight is 272 g/mol. The number of rotatable bonds is 3. The van der Waals surface area contributed by atoms with Gasteiger partial charge in [0, 0.05) is 10.4 Å². The van der Waals surface area contributed by atoms with Crippen LogP contribution in [0.4, 0.5) is 13.2 Å². The summed E-state index contributed by atoms with van der Waals surface area (Å²) in [6.45, 7) is 1.89. The van der Waals surface area contributed by atoms with Gasteiger partial charge < -0.3 is 0 Å². The van der Waals surface area contributed by atoms with Crippen molar-refractivity contribution in [3.8, 4) is 0 Å². The highest BCUT2D eigenvalue weighted by Crippen LogP contribution is 2.28. The lowest BCUT2D eigenvalue weighted by atomic mass is 10.0. The van der Waals surface area contributed by atoms with Gasteiger partial charge in [0.15, 0.2) is 17.5 Å². The normalized spacial score (nSPS) is 12.7. The molecule has 2 rings (SSSR count). The number of hydrazine groups is 1. The lowest BCUT2D eigenvalue weighted by Crippen LogP contribution is -2.29. The van der Waals surface area contributed by atoms with E-state index in [1.807, 2.05) is 13.0 Å². The Bertz CT molecular complexity index is 568. The molecule has 1 heterocycles. The van der Waals surface area contributed by atoms with Gasteiger partial charge in [0.25, 0.3) is 0 Å². The van der Waals surface area contributed by atoms with Crippen LogP contribution in [0.1, 0.15) is 22.0 Å². The van der Waals surface area contributed by atoms with Gasteiger partial charge in [-0.3, -0.25) is 5.84 Å². The quantitative estimate of drug-likeness (QED) is 0.512. The zero-order valence-corrected chi connectivity index (χ0v) is 10.3. The summed E-state index contributed by atoms with van der Waals surface area (Å²) in [5, 5.41) is 1.79. The number of hydrogen-bond acceptors (Lipinski definition) is 3. The molecule has 0 aliphatic heterocycles. The van der Waals surface area contributed by atoms with E-state index in [4.69, 9.17) is 5.84 Å². The second kappa shape index (κ2) is 5.09. The van der Waals surface area contributed by atoms with E-state index in [0.29, 0.717) is 5.56 Å². The zero-order chi connectivity index (χ0) is 13.3. The van der Waals surface area contributed by atoms with Gasteiger partial charge in [-0.1, -0.05) is 6.07 Å². The van der Waals surface area contributed by atoms with Gasteiger partial charge >= 0.3 is 0 Å². The Hall–Kier alpha value is -1.37. The second-order valence-corrected chi connectivity index (χ2v) is 4.97. The van der Waals surface area contributed by atoms with E-state index in [2.05, 4.69) is 5.43 Å². The lowest BCUT2D eigenvalue weighted by molar-refractivity contribution is 0.433. The van der Waals surface area contributed by atoms with Gasteiger partial charge in [0.2, 0.25) is 0 Å². The van der Waals surface area contributed by atoms with Crippen LogP contribution < -0.4 is 11.3 Å². The SMILES string of the molecule is Cc1cc(C(NN)c2ccc(F)c(F)c2F)cs1. The number of benzene rings is 1. The molecule has 0 bridgehead atoms. The Labute approximate surface area is 106 Å². The smallest absolute Gasteiger partial charge is 0.194 e. The molecule has 0 aliphatic carbocycles. The van der Waals surface area contributed by atoms with Gasteiger partial charge in [0.1, 0.15) is 0 Å². The molecule has 2 aromatic rings. The van der Waals surface area contributed by atoms with Crippen LogP contribution in [-0.2, 0) is 0 Å². The maximum absolute atomic E-state index is 13.7. The topological polar surface area (TPSA) is 38.0 Å². The summed E-state index contributed by atoms with van der Waals surface area (Å²) >= 11 is 1.47. The summed E-state index contributed by atoms with van der Waals surface area (Å²) in [7, 11) is 0. The highest BCUT2D eigenvalue weighted by molar-refractivity contribution is 7.10. The molecule has 1 aromatic carbocycles. The van der Waals surface area contributed by atoms with Crippen molar-refractivity contribution in [2.75, 3.05) is 0 Å². The molecule has 0 spiro atoms. The van der Waals surface area contributed by atoms with Crippen molar-refractivity contribution >= 4 is 11.3 Å². The minimum Gasteiger partial charge on any atom is -0.271 e. The third-order valence-corrected chi connectivity index (χ3v) is 3.51. The van der Waals surface area contributed by atoms with E-state index in [1.54, 1.807) is 5.38 Å². The number of thiophene rings is 1. The number of aryl methyl sites for hydroxylation is 1. The van der Waals surface area contributed by atoms with Crippen LogP contribution in [0.5, 0.6) is 0 Å². The third kappa shape index (κ3) is 2.27. The maximum atomic E-state index is 13.7. The van der Waals surface area contributed by atoms with Crippen molar-refractivity contribution < 1.29 is 13.2 Å². The van der Waals surface area contributed by atoms with Gasteiger partial charge in [-0.15, -0.1) is 11.3 Å². The first-order chi connectivity index (χ1) is 8.54. The van der Waals surface area contributed by atoms with E-state index in [-0.39, 0.29) is 5.56 Å². The molecule has 0 fully saturated rings. The van der Waals surface area contributed by atoms with E-state index in [1.165, 1.54) is 17.4 Å². The first kappa shape index (κ1) is 13.1. The first-order valence-corrected chi connectivity index (χ1v) is 6.07. The summed E-state index contributed by atoms with van der Waals surface area (Å²) in [5.41, 5.74) is 3.11. The van der Waals surface area contributed by atoms with Crippen molar-refractivity contribution in [3.63, 3.8) is 0 Å². The fourth-order valence-electron chi connectivity index (χ4n) is 1.74. The Morgan fingerprint density at radius 3 is 2.50 bits per heavy atom. The third-order valence-electron chi connectivity index (χ3n) is 2.63. The molecule has 0 radical (unpaired) electrons. The second-order valence-electron chi connectivity index (χ2n) is 3.85. The number of nitrogens with two attached hydrogens (primary N) is 1. The first-order valence-electron chi connectivity index (χ1n) is 5.19. The molecule has 3 N–H and O–H groups in total. The Balaban J connectivity index is 2.49. The highest BCUT2D eigenvalue weighted by atomic mass is 32.1. The van der Waals surface area contributed by atoms with E-state index in [0.717, 1.165) is 10.9 Å². The van der Waals surface area contributed by atoms with Crippen LogP contribution in [0.2, 0.25) is 0 Å². The Morgan fingerprint density at radius 2 is 1.94 bits per heavy atom. The summed E-state index contributed by atoms with van der Waals surface area (Å²) < 4.78 is 39.7. The maximum Gasteiger partial charge on any atom is 0.194 e. The van der Waals surface area contributed by atoms with Crippen molar-refractivity contribution in [2.24, 2.45) is 5.84 Å². The number of nitrogens with one attached hydrogen (secondary N) is 1. The molecule has 2 nitrogen and oxygen atoms in total. The summed E-state index contributed by atoms with van der Waals surface area (Å²) in [6, 6.07) is 3.18. The van der Waals surface area contributed by atoms with Gasteiger partial charge in [-0.05, 0) is 30.0 Å². The molecule has 96 valence electrons. The molecule has 1 unspecified atom stereocenters. The Morgan fingerprint density at radius 1 is 1.22 bits per heavy atom. The van der Waals surface area contributed by atoms with Crippen LogP contribution in [0.15, 0.2) is 23.6 Å². The van der Waals surface area contributed by atoms with Crippen LogP contribution >= 0.6 is 11.3 Å². The molecule has 1 aromatic heterocycles. The minimum atomic E-state index is -1.49.